The van der Waals surface area contributed by atoms with Crippen LogP contribution in [0.2, 0.25) is 5.02 Å². The second-order valence-corrected chi connectivity index (χ2v) is 11.0. The number of aromatic nitrogens is 5. The van der Waals surface area contributed by atoms with Crippen LogP contribution >= 0.6 is 11.6 Å². The number of halogens is 1. The number of nitrogens with zero attached hydrogens (tertiary/aromatic N) is 5. The van der Waals surface area contributed by atoms with Crippen LogP contribution in [0.4, 0.5) is 11.5 Å². The fourth-order valence-electron chi connectivity index (χ4n) is 4.11. The van der Waals surface area contributed by atoms with Gasteiger partial charge in [0.1, 0.15) is 10.7 Å². The highest BCUT2D eigenvalue weighted by atomic mass is 35.5. The lowest BCUT2D eigenvalue weighted by Crippen LogP contribution is -2.29. The Labute approximate surface area is 202 Å². The van der Waals surface area contributed by atoms with Gasteiger partial charge < -0.3 is 10.6 Å². The van der Waals surface area contributed by atoms with Gasteiger partial charge in [-0.1, -0.05) is 11.6 Å². The van der Waals surface area contributed by atoms with Gasteiger partial charge in [-0.25, -0.2) is 17.7 Å². The summed E-state index contributed by atoms with van der Waals surface area (Å²) in [6, 6.07) is 6.83. The normalized spacial score (nSPS) is 16.9. The molecule has 34 heavy (non-hydrogen) atoms. The molecular formula is C22H25ClN8O2S. The van der Waals surface area contributed by atoms with Crippen LogP contribution in [0.15, 0.2) is 47.8 Å². The van der Waals surface area contributed by atoms with Gasteiger partial charge in [0, 0.05) is 55.6 Å². The molecule has 0 saturated carbocycles. The van der Waals surface area contributed by atoms with E-state index in [0.717, 1.165) is 47.1 Å². The third-order valence-corrected chi connectivity index (χ3v) is 8.27. The van der Waals surface area contributed by atoms with Crippen molar-refractivity contribution in [2.75, 3.05) is 32.5 Å². The number of anilines is 2. The molecule has 0 radical (unpaired) electrons. The summed E-state index contributed by atoms with van der Waals surface area (Å²) in [5.74, 6) is 0.942. The Balaban J connectivity index is 1.62. The smallest absolute Gasteiger partial charge is 0.244 e. The molecule has 1 unspecified atom stereocenters. The van der Waals surface area contributed by atoms with Crippen molar-refractivity contribution in [3.8, 4) is 11.1 Å². The zero-order chi connectivity index (χ0) is 23.9. The molecule has 1 aromatic carbocycles. The van der Waals surface area contributed by atoms with Crippen molar-refractivity contribution >= 4 is 38.8 Å². The number of hydrogen-bond donors (Lipinski definition) is 3. The van der Waals surface area contributed by atoms with Gasteiger partial charge in [0.25, 0.3) is 0 Å². The highest BCUT2D eigenvalue weighted by Crippen LogP contribution is 2.32. The van der Waals surface area contributed by atoms with Crippen LogP contribution in [0.3, 0.4) is 0 Å². The molecule has 0 aliphatic carbocycles. The maximum Gasteiger partial charge on any atom is 0.244 e. The van der Waals surface area contributed by atoms with Crippen molar-refractivity contribution < 1.29 is 8.42 Å². The zero-order valence-electron chi connectivity index (χ0n) is 18.8. The van der Waals surface area contributed by atoms with E-state index in [4.69, 9.17) is 16.6 Å². The molecule has 178 valence electrons. The maximum absolute atomic E-state index is 12.7. The van der Waals surface area contributed by atoms with Crippen LogP contribution in [-0.2, 0) is 10.0 Å². The Kier molecular flexibility index (Phi) is 6.02. The third-order valence-electron chi connectivity index (χ3n) is 5.98. The van der Waals surface area contributed by atoms with Gasteiger partial charge in [-0.2, -0.15) is 14.7 Å². The van der Waals surface area contributed by atoms with Crippen LogP contribution in [0.1, 0.15) is 24.5 Å². The molecule has 3 N–H and O–H groups in total. The molecule has 4 heterocycles. The minimum Gasteiger partial charge on any atom is -0.340 e. The van der Waals surface area contributed by atoms with Crippen molar-refractivity contribution in [3.63, 3.8) is 0 Å². The molecule has 4 aromatic rings. The van der Waals surface area contributed by atoms with Crippen LogP contribution in [0.25, 0.3) is 16.8 Å². The minimum atomic E-state index is -3.71. The molecule has 1 aliphatic heterocycles. The molecule has 1 saturated heterocycles. The van der Waals surface area contributed by atoms with Crippen LogP contribution in [0, 0.1) is 0 Å². The summed E-state index contributed by atoms with van der Waals surface area (Å²) in [7, 11) is -0.756. The maximum atomic E-state index is 12.7. The summed E-state index contributed by atoms with van der Waals surface area (Å²) in [6.45, 7) is 1.86. The predicted octanol–water partition coefficient (Wildman–Crippen LogP) is 3.23. The molecule has 12 heteroatoms. The molecule has 1 aliphatic rings. The summed E-state index contributed by atoms with van der Waals surface area (Å²) in [4.78, 5) is 5.00. The molecule has 5 rings (SSSR count). The molecular weight excluding hydrogens is 476 g/mol. The van der Waals surface area contributed by atoms with E-state index in [1.165, 1.54) is 20.2 Å². The number of hydrogen-bond acceptors (Lipinski definition) is 7. The first-order chi connectivity index (χ1) is 16.3. The van der Waals surface area contributed by atoms with E-state index in [-0.39, 0.29) is 15.8 Å². The van der Waals surface area contributed by atoms with Crippen molar-refractivity contribution in [1.29, 1.82) is 0 Å². The molecule has 0 bridgehead atoms. The summed E-state index contributed by atoms with van der Waals surface area (Å²) in [5, 5.41) is 18.4. The third kappa shape index (κ3) is 4.16. The standard InChI is InChI=1S/C22H25ClN8O2S/c1-30(2)34(32,33)20-8-16(5-6-18(20)23)28-21-9-19(14-4-3-7-24-10-14)29-22-17(13-27-31(21)22)15-11-25-26-12-15/h5-6,8-9,11-14,24,28H,3-4,7,10H2,1-2H3,(H,25,26). The summed E-state index contributed by atoms with van der Waals surface area (Å²) in [5.41, 5.74) is 3.96. The lowest BCUT2D eigenvalue weighted by Gasteiger charge is -2.23. The Bertz CT molecular complexity index is 1430. The van der Waals surface area contributed by atoms with Gasteiger partial charge in [0.05, 0.1) is 23.1 Å². The lowest BCUT2D eigenvalue weighted by molar-refractivity contribution is 0.455. The summed E-state index contributed by atoms with van der Waals surface area (Å²) >= 11 is 6.23. The number of piperidine rings is 1. The Hall–Kier alpha value is -2.99. The largest absolute Gasteiger partial charge is 0.340 e. The first kappa shape index (κ1) is 22.8. The van der Waals surface area contributed by atoms with Gasteiger partial charge in [-0.3, -0.25) is 5.10 Å². The van der Waals surface area contributed by atoms with Crippen molar-refractivity contribution in [3.05, 3.63) is 53.6 Å². The lowest BCUT2D eigenvalue weighted by atomic mass is 9.96. The summed E-state index contributed by atoms with van der Waals surface area (Å²) in [6.07, 6.45) is 7.41. The van der Waals surface area contributed by atoms with Crippen LogP contribution in [0.5, 0.6) is 0 Å². The Morgan fingerprint density at radius 3 is 2.79 bits per heavy atom. The summed E-state index contributed by atoms with van der Waals surface area (Å²) < 4.78 is 28.3. The van der Waals surface area contributed by atoms with Gasteiger partial charge >= 0.3 is 0 Å². The van der Waals surface area contributed by atoms with Crippen LogP contribution < -0.4 is 10.6 Å². The van der Waals surface area contributed by atoms with E-state index in [1.54, 1.807) is 35.2 Å². The zero-order valence-corrected chi connectivity index (χ0v) is 20.4. The van der Waals surface area contributed by atoms with Crippen molar-refractivity contribution in [1.82, 2.24) is 34.4 Å². The number of H-pyrrole nitrogens is 1. The van der Waals surface area contributed by atoms with E-state index in [2.05, 4.69) is 25.9 Å². The van der Waals surface area contributed by atoms with E-state index in [0.29, 0.717) is 17.2 Å². The van der Waals surface area contributed by atoms with Crippen molar-refractivity contribution in [2.45, 2.75) is 23.7 Å². The molecule has 0 spiro atoms. The number of fused-ring (bicyclic) bond motifs is 1. The van der Waals surface area contributed by atoms with Gasteiger partial charge in [0.15, 0.2) is 5.65 Å². The number of rotatable bonds is 6. The fourth-order valence-corrected chi connectivity index (χ4v) is 5.50. The molecule has 0 amide bonds. The number of nitrogens with one attached hydrogen (secondary N) is 3. The highest BCUT2D eigenvalue weighted by Gasteiger charge is 2.23. The molecule has 10 nitrogen and oxygen atoms in total. The van der Waals surface area contributed by atoms with E-state index >= 15 is 0 Å². The number of benzene rings is 1. The molecule has 1 atom stereocenters. The fraction of sp³-hybridized carbons (Fsp3) is 0.318. The van der Waals surface area contributed by atoms with Gasteiger partial charge in [-0.05, 0) is 37.6 Å². The first-order valence-electron chi connectivity index (χ1n) is 10.9. The van der Waals surface area contributed by atoms with Gasteiger partial charge in [-0.15, -0.1) is 0 Å². The predicted molar refractivity (Wildman–Crippen MR) is 131 cm³/mol. The minimum absolute atomic E-state index is 0.0331. The second kappa shape index (κ2) is 8.99. The first-order valence-corrected chi connectivity index (χ1v) is 12.7. The highest BCUT2D eigenvalue weighted by molar-refractivity contribution is 7.89. The number of aromatic amines is 1. The quantitative estimate of drug-likeness (QED) is 0.371. The number of sulfonamides is 1. The van der Waals surface area contributed by atoms with Crippen molar-refractivity contribution in [2.24, 2.45) is 0 Å². The average Bonchev–Trinajstić information content (AvgIpc) is 3.50. The topological polar surface area (TPSA) is 120 Å². The van der Waals surface area contributed by atoms with E-state index in [1.807, 2.05) is 6.07 Å². The van der Waals surface area contributed by atoms with E-state index < -0.39 is 10.0 Å². The molecule has 1 fully saturated rings. The Morgan fingerprint density at radius 2 is 2.09 bits per heavy atom. The SMILES string of the molecule is CN(C)S(=O)(=O)c1cc(Nc2cc(C3CCCNC3)nc3c(-c4cn[nH]c4)cnn23)ccc1Cl. The van der Waals surface area contributed by atoms with Gasteiger partial charge in [0.2, 0.25) is 10.0 Å². The molecule has 3 aromatic heterocycles. The monoisotopic (exact) mass is 500 g/mol. The van der Waals surface area contributed by atoms with Crippen LogP contribution in [-0.4, -0.2) is 64.7 Å². The second-order valence-electron chi connectivity index (χ2n) is 8.45. The van der Waals surface area contributed by atoms with E-state index in [9.17, 15) is 8.42 Å². The average molecular weight is 501 g/mol. The Morgan fingerprint density at radius 1 is 1.24 bits per heavy atom.